The molecular weight excluding hydrogens is 314 g/mol. The quantitative estimate of drug-likeness (QED) is 0.763. The maximum Gasteiger partial charge on any atom is 0.175 e. The van der Waals surface area contributed by atoms with E-state index in [1.807, 2.05) is 6.07 Å². The van der Waals surface area contributed by atoms with Crippen molar-refractivity contribution in [2.24, 2.45) is 0 Å². The Labute approximate surface area is 133 Å². The second kappa shape index (κ2) is 5.85. The van der Waals surface area contributed by atoms with Gasteiger partial charge in [0.25, 0.3) is 0 Å². The summed E-state index contributed by atoms with van der Waals surface area (Å²) < 4.78 is 23.4. The van der Waals surface area contributed by atoms with Gasteiger partial charge in [-0.1, -0.05) is 12.1 Å². The summed E-state index contributed by atoms with van der Waals surface area (Å²) in [5, 5.41) is 13.3. The van der Waals surface area contributed by atoms with E-state index in [4.69, 9.17) is 0 Å². The number of hydrogen-bond donors (Lipinski definition) is 2. The molecule has 2 aromatic carbocycles. The predicted molar refractivity (Wildman–Crippen MR) is 88.1 cm³/mol. The minimum Gasteiger partial charge on any atom is -0.508 e. The highest BCUT2D eigenvalue weighted by Gasteiger charge is 2.11. The average molecular weight is 329 g/mol. The highest BCUT2D eigenvalue weighted by Crippen LogP contribution is 2.23. The molecule has 0 fully saturated rings. The van der Waals surface area contributed by atoms with E-state index in [2.05, 4.69) is 15.3 Å². The van der Waals surface area contributed by atoms with Gasteiger partial charge < -0.3 is 10.4 Å². The molecule has 1 aromatic heterocycles. The third-order valence-corrected chi connectivity index (χ3v) is 4.52. The molecule has 0 saturated carbocycles. The van der Waals surface area contributed by atoms with E-state index in [0.29, 0.717) is 23.3 Å². The Hall–Kier alpha value is -2.67. The van der Waals surface area contributed by atoms with Gasteiger partial charge in [-0.25, -0.2) is 18.4 Å². The van der Waals surface area contributed by atoms with Crippen LogP contribution in [0.3, 0.4) is 0 Å². The number of benzene rings is 2. The van der Waals surface area contributed by atoms with Crippen molar-refractivity contribution in [1.29, 1.82) is 0 Å². The summed E-state index contributed by atoms with van der Waals surface area (Å²) in [6, 6.07) is 11.6. The van der Waals surface area contributed by atoms with Gasteiger partial charge in [0.05, 0.1) is 10.4 Å². The Kier molecular flexibility index (Phi) is 3.87. The van der Waals surface area contributed by atoms with Gasteiger partial charge in [-0.3, -0.25) is 0 Å². The molecule has 0 unspecified atom stereocenters. The zero-order valence-electron chi connectivity index (χ0n) is 12.4. The van der Waals surface area contributed by atoms with Gasteiger partial charge in [-0.15, -0.1) is 0 Å². The summed E-state index contributed by atoms with van der Waals surface area (Å²) in [6.07, 6.45) is 2.59. The van der Waals surface area contributed by atoms with E-state index < -0.39 is 9.84 Å². The molecule has 0 bridgehead atoms. The van der Waals surface area contributed by atoms with Crippen molar-refractivity contribution in [1.82, 2.24) is 9.97 Å². The Morgan fingerprint density at radius 3 is 2.70 bits per heavy atom. The molecule has 0 aliphatic heterocycles. The number of phenols is 1. The van der Waals surface area contributed by atoms with Gasteiger partial charge >= 0.3 is 0 Å². The average Bonchev–Trinajstić information content (AvgIpc) is 2.51. The van der Waals surface area contributed by atoms with Crippen LogP contribution in [0.5, 0.6) is 5.75 Å². The molecule has 3 rings (SSSR count). The van der Waals surface area contributed by atoms with Gasteiger partial charge in [0.1, 0.15) is 17.9 Å². The van der Waals surface area contributed by atoms with Gasteiger partial charge in [0.15, 0.2) is 9.84 Å². The van der Waals surface area contributed by atoms with Crippen LogP contribution in [-0.2, 0) is 16.4 Å². The van der Waals surface area contributed by atoms with Crippen molar-refractivity contribution in [3.05, 3.63) is 54.4 Å². The van der Waals surface area contributed by atoms with Crippen LogP contribution in [0.2, 0.25) is 0 Å². The van der Waals surface area contributed by atoms with E-state index in [1.165, 1.54) is 12.4 Å². The molecule has 0 atom stereocenters. The highest BCUT2D eigenvalue weighted by molar-refractivity contribution is 7.90. The standard InChI is InChI=1S/C16H15N3O3S/c1-23(21,22)13-5-6-15-14(8-13)16(19-10-18-15)17-9-11-3-2-4-12(20)7-11/h2-8,10,20H,9H2,1H3,(H,17,18,19). The van der Waals surface area contributed by atoms with Crippen LogP contribution in [0.1, 0.15) is 5.56 Å². The Morgan fingerprint density at radius 1 is 1.13 bits per heavy atom. The smallest absolute Gasteiger partial charge is 0.175 e. The van der Waals surface area contributed by atoms with Crippen molar-refractivity contribution in [3.8, 4) is 5.75 Å². The summed E-state index contributed by atoms with van der Waals surface area (Å²) >= 11 is 0. The number of nitrogens with zero attached hydrogens (tertiary/aromatic N) is 2. The van der Waals surface area contributed by atoms with Gasteiger partial charge in [-0.2, -0.15) is 0 Å². The van der Waals surface area contributed by atoms with Crippen LogP contribution < -0.4 is 5.32 Å². The lowest BCUT2D eigenvalue weighted by Crippen LogP contribution is -2.03. The lowest BCUT2D eigenvalue weighted by molar-refractivity contribution is 0.474. The first-order chi connectivity index (χ1) is 10.9. The first-order valence-corrected chi connectivity index (χ1v) is 8.79. The van der Waals surface area contributed by atoms with Crippen LogP contribution in [0.25, 0.3) is 10.9 Å². The Morgan fingerprint density at radius 2 is 1.96 bits per heavy atom. The molecular formula is C16H15N3O3S. The second-order valence-electron chi connectivity index (χ2n) is 5.20. The molecule has 0 aliphatic carbocycles. The van der Waals surface area contributed by atoms with E-state index in [1.54, 1.807) is 30.3 Å². The lowest BCUT2D eigenvalue weighted by Gasteiger charge is -2.09. The van der Waals surface area contributed by atoms with Gasteiger partial charge in [0, 0.05) is 18.2 Å². The summed E-state index contributed by atoms with van der Waals surface area (Å²) in [5.41, 5.74) is 1.54. The first kappa shape index (κ1) is 15.2. The molecule has 0 aliphatic rings. The summed E-state index contributed by atoms with van der Waals surface area (Å²) in [7, 11) is -3.30. The predicted octanol–water partition coefficient (Wildman–Crippen LogP) is 2.35. The molecule has 2 N–H and O–H groups in total. The Bertz CT molecular complexity index is 971. The number of aromatic nitrogens is 2. The van der Waals surface area contributed by atoms with E-state index in [9.17, 15) is 13.5 Å². The fourth-order valence-corrected chi connectivity index (χ4v) is 2.91. The zero-order valence-corrected chi connectivity index (χ0v) is 13.2. The fourth-order valence-electron chi connectivity index (χ4n) is 2.26. The molecule has 7 heteroatoms. The van der Waals surface area contributed by atoms with Crippen molar-refractivity contribution < 1.29 is 13.5 Å². The fraction of sp³-hybridized carbons (Fsp3) is 0.125. The molecule has 118 valence electrons. The number of aromatic hydroxyl groups is 1. The van der Waals surface area contributed by atoms with E-state index >= 15 is 0 Å². The molecule has 6 nitrogen and oxygen atoms in total. The molecule has 0 saturated heterocycles. The third kappa shape index (κ3) is 3.40. The lowest BCUT2D eigenvalue weighted by atomic mass is 10.2. The van der Waals surface area contributed by atoms with Crippen LogP contribution in [0.15, 0.2) is 53.7 Å². The summed E-state index contributed by atoms with van der Waals surface area (Å²) in [6.45, 7) is 0.448. The molecule has 3 aromatic rings. The zero-order chi connectivity index (χ0) is 16.4. The second-order valence-corrected chi connectivity index (χ2v) is 7.21. The summed E-state index contributed by atoms with van der Waals surface area (Å²) in [5.74, 6) is 0.736. The largest absolute Gasteiger partial charge is 0.508 e. The topological polar surface area (TPSA) is 92.2 Å². The number of rotatable bonds is 4. The normalized spacial score (nSPS) is 11.5. The van der Waals surface area contributed by atoms with Gasteiger partial charge in [-0.05, 0) is 35.9 Å². The van der Waals surface area contributed by atoms with Crippen LogP contribution >= 0.6 is 0 Å². The van der Waals surface area contributed by atoms with Crippen molar-refractivity contribution >= 4 is 26.6 Å². The number of hydrogen-bond acceptors (Lipinski definition) is 6. The van der Waals surface area contributed by atoms with Crippen LogP contribution in [-0.4, -0.2) is 29.7 Å². The van der Waals surface area contributed by atoms with Crippen molar-refractivity contribution in [2.45, 2.75) is 11.4 Å². The van der Waals surface area contributed by atoms with E-state index in [-0.39, 0.29) is 10.6 Å². The molecule has 0 spiro atoms. The van der Waals surface area contributed by atoms with Crippen molar-refractivity contribution in [3.63, 3.8) is 0 Å². The first-order valence-electron chi connectivity index (χ1n) is 6.90. The van der Waals surface area contributed by atoms with Gasteiger partial charge in [0.2, 0.25) is 0 Å². The number of fused-ring (bicyclic) bond motifs is 1. The van der Waals surface area contributed by atoms with E-state index in [0.717, 1.165) is 11.8 Å². The minimum atomic E-state index is -3.30. The maximum atomic E-state index is 11.7. The van der Waals surface area contributed by atoms with Crippen LogP contribution in [0, 0.1) is 0 Å². The highest BCUT2D eigenvalue weighted by atomic mass is 32.2. The molecule has 1 heterocycles. The molecule has 0 amide bonds. The number of anilines is 1. The molecule has 0 radical (unpaired) electrons. The third-order valence-electron chi connectivity index (χ3n) is 3.41. The number of phenolic OH excluding ortho intramolecular Hbond substituents is 1. The number of sulfone groups is 1. The monoisotopic (exact) mass is 329 g/mol. The molecule has 23 heavy (non-hydrogen) atoms. The van der Waals surface area contributed by atoms with Crippen LogP contribution in [0.4, 0.5) is 5.82 Å². The SMILES string of the molecule is CS(=O)(=O)c1ccc2ncnc(NCc3cccc(O)c3)c2c1. The maximum absolute atomic E-state index is 11.7. The van der Waals surface area contributed by atoms with Crippen molar-refractivity contribution in [2.75, 3.05) is 11.6 Å². The summed E-state index contributed by atoms with van der Waals surface area (Å²) in [4.78, 5) is 8.56. The minimum absolute atomic E-state index is 0.191. The number of nitrogens with one attached hydrogen (secondary N) is 1. The Balaban J connectivity index is 1.96.